The molecule has 1 heterocycles. The van der Waals surface area contributed by atoms with E-state index in [9.17, 15) is 9.90 Å². The van der Waals surface area contributed by atoms with E-state index < -0.39 is 12.0 Å². The summed E-state index contributed by atoms with van der Waals surface area (Å²) in [5.41, 5.74) is 1.99. The highest BCUT2D eigenvalue weighted by atomic mass is 79.9. The summed E-state index contributed by atoms with van der Waals surface area (Å²) in [6.45, 7) is 2.12. The van der Waals surface area contributed by atoms with Crippen molar-refractivity contribution in [3.8, 4) is 0 Å². The van der Waals surface area contributed by atoms with Crippen molar-refractivity contribution in [2.75, 3.05) is 7.05 Å². The molecule has 0 saturated carbocycles. The topological polar surface area (TPSA) is 79.5 Å². The van der Waals surface area contributed by atoms with Crippen LogP contribution in [0.25, 0.3) is 0 Å². The standard InChI is InChI=1S/C13H14BrN3O3/c1-8-11(16-20-15-8)7-17(2)12(13(18)19)9-4-3-5-10(14)6-9/h3-6,12H,7H2,1-2H3,(H,18,19). The van der Waals surface area contributed by atoms with Gasteiger partial charge in [-0.3, -0.25) is 9.69 Å². The van der Waals surface area contributed by atoms with Crippen LogP contribution in [0.1, 0.15) is 23.0 Å². The third-order valence-corrected chi connectivity index (χ3v) is 3.48. The zero-order valence-corrected chi connectivity index (χ0v) is 12.7. The van der Waals surface area contributed by atoms with E-state index in [4.69, 9.17) is 0 Å². The summed E-state index contributed by atoms with van der Waals surface area (Å²) in [4.78, 5) is 13.2. The zero-order valence-electron chi connectivity index (χ0n) is 11.1. The number of benzene rings is 1. The minimum atomic E-state index is -0.917. The van der Waals surface area contributed by atoms with E-state index in [1.807, 2.05) is 12.1 Å². The number of carboxylic acids is 1. The van der Waals surface area contributed by atoms with Crippen LogP contribution in [-0.4, -0.2) is 33.3 Å². The first-order valence-electron chi connectivity index (χ1n) is 5.95. The summed E-state index contributed by atoms with van der Waals surface area (Å²) in [7, 11) is 1.73. The van der Waals surface area contributed by atoms with E-state index in [1.165, 1.54) is 0 Å². The first-order valence-corrected chi connectivity index (χ1v) is 6.75. The Kier molecular flexibility index (Phi) is 4.51. The minimum absolute atomic E-state index is 0.346. The molecular weight excluding hydrogens is 326 g/mol. The number of carboxylic acid groups (broad SMARTS) is 1. The highest BCUT2D eigenvalue weighted by Crippen LogP contribution is 2.24. The van der Waals surface area contributed by atoms with Crippen molar-refractivity contribution in [2.45, 2.75) is 19.5 Å². The molecule has 1 N–H and O–H groups in total. The van der Waals surface area contributed by atoms with Crippen molar-refractivity contribution >= 4 is 21.9 Å². The fraction of sp³-hybridized carbons (Fsp3) is 0.308. The lowest BCUT2D eigenvalue weighted by molar-refractivity contribution is -0.143. The van der Waals surface area contributed by atoms with Crippen molar-refractivity contribution in [3.05, 3.63) is 45.7 Å². The Balaban J connectivity index is 2.25. The Morgan fingerprint density at radius 2 is 2.25 bits per heavy atom. The molecule has 20 heavy (non-hydrogen) atoms. The van der Waals surface area contributed by atoms with Gasteiger partial charge in [-0.15, -0.1) is 0 Å². The predicted octanol–water partition coefficient (Wildman–Crippen LogP) is 2.40. The smallest absolute Gasteiger partial charge is 0.325 e. The SMILES string of the molecule is Cc1nonc1CN(C)C(C(=O)O)c1cccc(Br)c1. The van der Waals surface area contributed by atoms with E-state index in [-0.39, 0.29) is 0 Å². The van der Waals surface area contributed by atoms with Crippen molar-refractivity contribution in [1.29, 1.82) is 0 Å². The van der Waals surface area contributed by atoms with E-state index in [2.05, 4.69) is 30.9 Å². The summed E-state index contributed by atoms with van der Waals surface area (Å²) in [5.74, 6) is -0.917. The number of hydrogen-bond donors (Lipinski definition) is 1. The lowest BCUT2D eigenvalue weighted by atomic mass is 10.1. The van der Waals surface area contributed by atoms with Gasteiger partial charge in [0.15, 0.2) is 0 Å². The minimum Gasteiger partial charge on any atom is -0.480 e. The maximum atomic E-state index is 11.5. The molecule has 0 aliphatic heterocycles. The van der Waals surface area contributed by atoms with Gasteiger partial charge in [0.2, 0.25) is 0 Å². The van der Waals surface area contributed by atoms with Gasteiger partial charge >= 0.3 is 5.97 Å². The molecule has 0 bridgehead atoms. The first-order chi connectivity index (χ1) is 9.49. The maximum absolute atomic E-state index is 11.5. The van der Waals surface area contributed by atoms with Crippen LogP contribution in [0, 0.1) is 6.92 Å². The van der Waals surface area contributed by atoms with E-state index in [0.29, 0.717) is 23.5 Å². The van der Waals surface area contributed by atoms with Gasteiger partial charge in [0.05, 0.1) is 0 Å². The monoisotopic (exact) mass is 339 g/mol. The molecule has 1 aromatic carbocycles. The largest absolute Gasteiger partial charge is 0.480 e. The molecule has 1 aromatic heterocycles. The Hall–Kier alpha value is -1.73. The van der Waals surface area contributed by atoms with Gasteiger partial charge in [0.1, 0.15) is 17.4 Å². The quantitative estimate of drug-likeness (QED) is 0.900. The van der Waals surface area contributed by atoms with Crippen LogP contribution in [0.2, 0.25) is 0 Å². The van der Waals surface area contributed by atoms with Crippen molar-refractivity contribution in [1.82, 2.24) is 15.2 Å². The molecule has 106 valence electrons. The molecule has 2 aromatic rings. The molecule has 0 fully saturated rings. The van der Waals surface area contributed by atoms with Gasteiger partial charge in [-0.1, -0.05) is 38.4 Å². The van der Waals surface area contributed by atoms with Crippen LogP contribution in [-0.2, 0) is 11.3 Å². The highest BCUT2D eigenvalue weighted by Gasteiger charge is 2.26. The third kappa shape index (κ3) is 3.23. The Bertz CT molecular complexity index is 614. The molecule has 1 unspecified atom stereocenters. The van der Waals surface area contributed by atoms with Gasteiger partial charge in [-0.05, 0) is 31.7 Å². The van der Waals surface area contributed by atoms with Gasteiger partial charge in [0.25, 0.3) is 0 Å². The molecular formula is C13H14BrN3O3. The average molecular weight is 340 g/mol. The fourth-order valence-corrected chi connectivity index (χ4v) is 2.40. The number of hydrogen-bond acceptors (Lipinski definition) is 5. The molecule has 2 rings (SSSR count). The molecule has 0 aliphatic carbocycles. The van der Waals surface area contributed by atoms with E-state index in [1.54, 1.807) is 31.0 Å². The van der Waals surface area contributed by atoms with Crippen LogP contribution >= 0.6 is 15.9 Å². The van der Waals surface area contributed by atoms with E-state index in [0.717, 1.165) is 4.47 Å². The molecule has 0 spiro atoms. The second-order valence-corrected chi connectivity index (χ2v) is 5.42. The number of rotatable bonds is 5. The van der Waals surface area contributed by atoms with Crippen LogP contribution in [0.5, 0.6) is 0 Å². The van der Waals surface area contributed by atoms with Gasteiger partial charge < -0.3 is 5.11 Å². The average Bonchev–Trinajstić information content (AvgIpc) is 2.74. The van der Waals surface area contributed by atoms with Gasteiger partial charge in [0, 0.05) is 11.0 Å². The van der Waals surface area contributed by atoms with Crippen molar-refractivity contribution in [2.24, 2.45) is 0 Å². The summed E-state index contributed by atoms with van der Waals surface area (Å²) >= 11 is 3.35. The van der Waals surface area contributed by atoms with Crippen LogP contribution in [0.3, 0.4) is 0 Å². The Morgan fingerprint density at radius 3 is 2.80 bits per heavy atom. The number of aromatic nitrogens is 2. The zero-order chi connectivity index (χ0) is 14.7. The number of halogens is 1. The second-order valence-electron chi connectivity index (χ2n) is 4.51. The molecule has 0 saturated heterocycles. The normalized spacial score (nSPS) is 12.6. The summed E-state index contributed by atoms with van der Waals surface area (Å²) in [5, 5.41) is 16.9. The van der Waals surface area contributed by atoms with Gasteiger partial charge in [-0.2, -0.15) is 0 Å². The molecule has 1 atom stereocenters. The van der Waals surface area contributed by atoms with E-state index >= 15 is 0 Å². The second kappa shape index (κ2) is 6.15. The third-order valence-electron chi connectivity index (χ3n) is 2.98. The summed E-state index contributed by atoms with van der Waals surface area (Å²) < 4.78 is 5.47. The number of aliphatic carboxylic acids is 1. The highest BCUT2D eigenvalue weighted by molar-refractivity contribution is 9.10. The molecule has 0 radical (unpaired) electrons. The lowest BCUT2D eigenvalue weighted by Crippen LogP contribution is -2.30. The van der Waals surface area contributed by atoms with Crippen molar-refractivity contribution < 1.29 is 14.5 Å². The summed E-state index contributed by atoms with van der Waals surface area (Å²) in [6, 6.07) is 6.49. The summed E-state index contributed by atoms with van der Waals surface area (Å²) in [6.07, 6.45) is 0. The maximum Gasteiger partial charge on any atom is 0.325 e. The fourth-order valence-electron chi connectivity index (χ4n) is 1.98. The molecule has 0 amide bonds. The first kappa shape index (κ1) is 14.7. The molecule has 6 nitrogen and oxygen atoms in total. The number of carbonyl (C=O) groups is 1. The molecule has 0 aliphatic rings. The number of nitrogens with zero attached hydrogens (tertiary/aromatic N) is 3. The lowest BCUT2D eigenvalue weighted by Gasteiger charge is -2.24. The predicted molar refractivity (Wildman–Crippen MR) is 75.0 cm³/mol. The Labute approximate surface area is 124 Å². The van der Waals surface area contributed by atoms with Crippen LogP contribution in [0.15, 0.2) is 33.4 Å². The van der Waals surface area contributed by atoms with Gasteiger partial charge in [-0.25, -0.2) is 4.63 Å². The van der Waals surface area contributed by atoms with Crippen LogP contribution < -0.4 is 0 Å². The van der Waals surface area contributed by atoms with Crippen molar-refractivity contribution in [3.63, 3.8) is 0 Å². The number of likely N-dealkylation sites (N-methyl/N-ethyl adjacent to an activating group) is 1. The number of aryl methyl sites for hydroxylation is 1. The van der Waals surface area contributed by atoms with Crippen LogP contribution in [0.4, 0.5) is 0 Å². The Morgan fingerprint density at radius 1 is 1.50 bits per heavy atom. The molecule has 7 heteroatoms.